The molecule has 0 radical (unpaired) electrons. The Morgan fingerprint density at radius 1 is 1.43 bits per heavy atom. The molecule has 1 aromatic carbocycles. The van der Waals surface area contributed by atoms with Crippen LogP contribution in [0.3, 0.4) is 0 Å². The van der Waals surface area contributed by atoms with Gasteiger partial charge in [-0.05, 0) is 66.1 Å². The number of hydrogen-bond acceptors (Lipinski definition) is 4. The van der Waals surface area contributed by atoms with E-state index in [1.54, 1.807) is 7.11 Å². The van der Waals surface area contributed by atoms with Crippen molar-refractivity contribution in [3.63, 3.8) is 0 Å². The maximum atomic E-state index is 5.62. The van der Waals surface area contributed by atoms with Gasteiger partial charge < -0.3 is 14.8 Å². The van der Waals surface area contributed by atoms with Crippen LogP contribution in [0, 0.1) is 0 Å². The zero-order chi connectivity index (χ0) is 15.3. The minimum Gasteiger partial charge on any atom is -0.493 e. The average molecular weight is 374 g/mol. The highest BCUT2D eigenvalue weighted by Gasteiger charge is 2.28. The molecule has 1 aliphatic heterocycles. The Hall–Kier alpha value is -0.390. The topological polar surface area (TPSA) is 30.5 Å². The SMILES string of the molecule is CCOc1c(Br)cc(CNCC2(C)CCCS2)cc1OC. The van der Waals surface area contributed by atoms with Gasteiger partial charge in [-0.3, -0.25) is 0 Å². The van der Waals surface area contributed by atoms with Gasteiger partial charge in [0.25, 0.3) is 0 Å². The number of halogens is 1. The zero-order valence-electron chi connectivity index (χ0n) is 13.0. The van der Waals surface area contributed by atoms with Crippen LogP contribution in [0.15, 0.2) is 16.6 Å². The maximum absolute atomic E-state index is 5.62. The molecule has 21 heavy (non-hydrogen) atoms. The highest BCUT2D eigenvalue weighted by atomic mass is 79.9. The van der Waals surface area contributed by atoms with E-state index in [1.165, 1.54) is 24.2 Å². The van der Waals surface area contributed by atoms with Crippen molar-refractivity contribution in [3.8, 4) is 11.5 Å². The Morgan fingerprint density at radius 3 is 2.86 bits per heavy atom. The van der Waals surface area contributed by atoms with Crippen LogP contribution in [0.25, 0.3) is 0 Å². The number of ether oxygens (including phenoxy) is 2. The molecule has 0 saturated carbocycles. The van der Waals surface area contributed by atoms with Crippen LogP contribution >= 0.6 is 27.7 Å². The molecule has 0 amide bonds. The molecule has 1 heterocycles. The molecule has 0 spiro atoms. The smallest absolute Gasteiger partial charge is 0.175 e. The molecule has 0 bridgehead atoms. The molecule has 1 aliphatic rings. The third-order valence-corrected chi connectivity index (χ3v) is 5.83. The number of methoxy groups -OCH3 is 1. The molecule has 1 atom stereocenters. The predicted octanol–water partition coefficient (Wildman–Crippen LogP) is 4.23. The highest BCUT2D eigenvalue weighted by molar-refractivity contribution is 9.10. The van der Waals surface area contributed by atoms with E-state index in [4.69, 9.17) is 9.47 Å². The second-order valence-electron chi connectivity index (χ2n) is 5.55. The first-order valence-electron chi connectivity index (χ1n) is 7.42. The zero-order valence-corrected chi connectivity index (χ0v) is 15.4. The van der Waals surface area contributed by atoms with Gasteiger partial charge in [-0.2, -0.15) is 11.8 Å². The van der Waals surface area contributed by atoms with Gasteiger partial charge in [0, 0.05) is 17.8 Å². The van der Waals surface area contributed by atoms with E-state index < -0.39 is 0 Å². The Kier molecular flexibility index (Phi) is 6.26. The van der Waals surface area contributed by atoms with Gasteiger partial charge in [-0.25, -0.2) is 0 Å². The summed E-state index contributed by atoms with van der Waals surface area (Å²) >= 11 is 5.65. The summed E-state index contributed by atoms with van der Waals surface area (Å²) in [5.74, 6) is 2.85. The van der Waals surface area contributed by atoms with Gasteiger partial charge in [0.1, 0.15) is 0 Å². The average Bonchev–Trinajstić information content (AvgIpc) is 2.88. The Labute approximate surface area is 140 Å². The fourth-order valence-corrected chi connectivity index (χ4v) is 4.49. The monoisotopic (exact) mass is 373 g/mol. The Balaban J connectivity index is 1.98. The van der Waals surface area contributed by atoms with Crippen LogP contribution in [-0.2, 0) is 6.54 Å². The summed E-state index contributed by atoms with van der Waals surface area (Å²) in [6, 6.07) is 4.15. The van der Waals surface area contributed by atoms with E-state index in [0.29, 0.717) is 11.4 Å². The van der Waals surface area contributed by atoms with Gasteiger partial charge in [0.15, 0.2) is 11.5 Å². The first kappa shape index (κ1) is 17.0. The third kappa shape index (κ3) is 4.54. The summed E-state index contributed by atoms with van der Waals surface area (Å²) in [6.07, 6.45) is 2.65. The quantitative estimate of drug-likeness (QED) is 0.774. The van der Waals surface area contributed by atoms with Crippen molar-refractivity contribution in [1.82, 2.24) is 5.32 Å². The second kappa shape index (κ2) is 7.75. The number of nitrogens with one attached hydrogen (secondary N) is 1. The summed E-state index contributed by atoms with van der Waals surface area (Å²) in [5, 5.41) is 3.58. The van der Waals surface area contributed by atoms with Crippen LogP contribution in [0.4, 0.5) is 0 Å². The molecular formula is C16H24BrNO2S. The van der Waals surface area contributed by atoms with E-state index >= 15 is 0 Å². The van der Waals surface area contributed by atoms with Crippen molar-refractivity contribution < 1.29 is 9.47 Å². The lowest BCUT2D eigenvalue weighted by Gasteiger charge is -2.23. The first-order chi connectivity index (χ1) is 10.1. The Bertz CT molecular complexity index is 476. The van der Waals surface area contributed by atoms with E-state index in [-0.39, 0.29) is 0 Å². The van der Waals surface area contributed by atoms with Crippen molar-refractivity contribution in [2.45, 2.75) is 38.0 Å². The molecule has 1 unspecified atom stereocenters. The molecule has 1 fully saturated rings. The largest absolute Gasteiger partial charge is 0.493 e. The second-order valence-corrected chi connectivity index (χ2v) is 8.08. The molecule has 1 saturated heterocycles. The minimum absolute atomic E-state index is 0.395. The van der Waals surface area contributed by atoms with Gasteiger partial charge in [-0.15, -0.1) is 0 Å². The lowest BCUT2D eigenvalue weighted by atomic mass is 10.1. The van der Waals surface area contributed by atoms with Crippen LogP contribution in [0.2, 0.25) is 0 Å². The maximum Gasteiger partial charge on any atom is 0.175 e. The standard InChI is InChI=1S/C16H24BrNO2S/c1-4-20-15-13(17)8-12(9-14(15)19-3)10-18-11-16(2)6-5-7-21-16/h8-9,18H,4-7,10-11H2,1-3H3. The summed E-state index contributed by atoms with van der Waals surface area (Å²) in [4.78, 5) is 0. The van der Waals surface area contributed by atoms with Crippen LogP contribution < -0.4 is 14.8 Å². The molecule has 1 N–H and O–H groups in total. The predicted molar refractivity (Wildman–Crippen MR) is 93.7 cm³/mol. The molecule has 1 aromatic rings. The van der Waals surface area contributed by atoms with Gasteiger partial charge in [0.05, 0.1) is 18.2 Å². The summed E-state index contributed by atoms with van der Waals surface area (Å²) < 4.78 is 12.4. The van der Waals surface area contributed by atoms with Crippen LogP contribution in [0.1, 0.15) is 32.3 Å². The molecule has 5 heteroatoms. The fourth-order valence-electron chi connectivity index (χ4n) is 2.61. The van der Waals surface area contributed by atoms with Crippen molar-refractivity contribution >= 4 is 27.7 Å². The van der Waals surface area contributed by atoms with Gasteiger partial charge in [-0.1, -0.05) is 0 Å². The third-order valence-electron chi connectivity index (χ3n) is 3.71. The molecule has 2 rings (SSSR count). The summed E-state index contributed by atoms with van der Waals surface area (Å²) in [5.41, 5.74) is 1.20. The Morgan fingerprint density at radius 2 is 2.24 bits per heavy atom. The normalized spacial score (nSPS) is 21.5. The minimum atomic E-state index is 0.395. The summed E-state index contributed by atoms with van der Waals surface area (Å²) in [6.45, 7) is 6.85. The lowest BCUT2D eigenvalue weighted by molar-refractivity contribution is 0.308. The molecule has 3 nitrogen and oxygen atoms in total. The molecule has 118 valence electrons. The number of benzene rings is 1. The van der Waals surface area contributed by atoms with E-state index in [2.05, 4.69) is 46.0 Å². The number of rotatable bonds is 7. The van der Waals surface area contributed by atoms with E-state index in [9.17, 15) is 0 Å². The van der Waals surface area contributed by atoms with Crippen molar-refractivity contribution in [2.75, 3.05) is 26.0 Å². The fraction of sp³-hybridized carbons (Fsp3) is 0.625. The highest BCUT2D eigenvalue weighted by Crippen LogP contribution is 2.38. The lowest BCUT2D eigenvalue weighted by Crippen LogP contribution is -2.32. The molecular weight excluding hydrogens is 350 g/mol. The van der Waals surface area contributed by atoms with Crippen LogP contribution in [-0.4, -0.2) is 30.8 Å². The molecule has 0 aromatic heterocycles. The van der Waals surface area contributed by atoms with Crippen molar-refractivity contribution in [1.29, 1.82) is 0 Å². The molecule has 0 aliphatic carbocycles. The van der Waals surface area contributed by atoms with Gasteiger partial charge in [0.2, 0.25) is 0 Å². The van der Waals surface area contributed by atoms with Crippen molar-refractivity contribution in [2.24, 2.45) is 0 Å². The van der Waals surface area contributed by atoms with Gasteiger partial charge >= 0.3 is 0 Å². The van der Waals surface area contributed by atoms with E-state index in [0.717, 1.165) is 29.1 Å². The summed E-state index contributed by atoms with van der Waals surface area (Å²) in [7, 11) is 1.68. The van der Waals surface area contributed by atoms with E-state index in [1.807, 2.05) is 13.0 Å². The van der Waals surface area contributed by atoms with Crippen LogP contribution in [0.5, 0.6) is 11.5 Å². The van der Waals surface area contributed by atoms with Crippen molar-refractivity contribution in [3.05, 3.63) is 22.2 Å². The number of thioether (sulfide) groups is 1. The number of hydrogen-bond donors (Lipinski definition) is 1. The first-order valence-corrected chi connectivity index (χ1v) is 9.20.